The largest absolute Gasteiger partial charge is 0.354 e. The number of aryl methyl sites for hydroxylation is 2. The normalized spacial score (nSPS) is 10.6. The molecule has 0 spiro atoms. The lowest BCUT2D eigenvalue weighted by Gasteiger charge is -2.09. The van der Waals surface area contributed by atoms with Crippen molar-refractivity contribution >= 4 is 28.4 Å². The number of benzene rings is 1. The number of para-hydroxylation sites is 1. The molecule has 1 amide bonds. The highest BCUT2D eigenvalue weighted by Crippen LogP contribution is 2.20. The number of aromatic nitrogens is 3. The molecule has 25 heavy (non-hydrogen) atoms. The Bertz CT molecular complexity index is 868. The van der Waals surface area contributed by atoms with Crippen LogP contribution in [0.2, 0.25) is 0 Å². The van der Waals surface area contributed by atoms with Crippen molar-refractivity contribution in [3.05, 3.63) is 54.0 Å². The number of pyridine rings is 1. The van der Waals surface area contributed by atoms with Crippen molar-refractivity contribution in [3.8, 4) is 0 Å². The molecule has 0 aliphatic heterocycles. The summed E-state index contributed by atoms with van der Waals surface area (Å²) in [6, 6.07) is 11.6. The van der Waals surface area contributed by atoms with Crippen LogP contribution in [0, 0.1) is 13.8 Å². The van der Waals surface area contributed by atoms with Crippen LogP contribution in [0.5, 0.6) is 0 Å². The second-order valence-electron chi connectivity index (χ2n) is 5.93. The summed E-state index contributed by atoms with van der Waals surface area (Å²) in [7, 11) is 0. The summed E-state index contributed by atoms with van der Waals surface area (Å²) in [5.74, 6) is 0.581. The number of hydrogen-bond donors (Lipinski definition) is 2. The first-order chi connectivity index (χ1) is 12.1. The molecule has 1 aromatic carbocycles. The molecule has 128 valence electrons. The molecule has 0 radical (unpaired) electrons. The van der Waals surface area contributed by atoms with E-state index in [-0.39, 0.29) is 5.91 Å². The third kappa shape index (κ3) is 4.50. The van der Waals surface area contributed by atoms with Crippen molar-refractivity contribution in [2.75, 3.05) is 17.2 Å². The molecule has 2 N–H and O–H groups in total. The Morgan fingerprint density at radius 3 is 2.64 bits per heavy atom. The van der Waals surface area contributed by atoms with Gasteiger partial charge in [-0.15, -0.1) is 0 Å². The average Bonchev–Trinajstić information content (AvgIpc) is 2.58. The number of nitrogens with one attached hydrogen (secondary N) is 2. The first-order valence-corrected chi connectivity index (χ1v) is 8.31. The van der Waals surface area contributed by atoms with E-state index in [1.165, 1.54) is 0 Å². The quantitative estimate of drug-likeness (QED) is 0.674. The van der Waals surface area contributed by atoms with Crippen LogP contribution < -0.4 is 10.6 Å². The molecule has 2 heterocycles. The molecular weight excluding hydrogens is 314 g/mol. The second kappa shape index (κ2) is 7.70. The average molecular weight is 335 g/mol. The van der Waals surface area contributed by atoms with Gasteiger partial charge in [0.2, 0.25) is 11.9 Å². The summed E-state index contributed by atoms with van der Waals surface area (Å²) in [5.41, 5.74) is 3.40. The minimum atomic E-state index is -0.0266. The van der Waals surface area contributed by atoms with Crippen molar-refractivity contribution < 1.29 is 4.79 Å². The first kappa shape index (κ1) is 16.8. The fourth-order valence-corrected chi connectivity index (χ4v) is 2.67. The number of anilines is 2. The van der Waals surface area contributed by atoms with Gasteiger partial charge in [-0.1, -0.05) is 18.2 Å². The van der Waals surface area contributed by atoms with Crippen molar-refractivity contribution in [1.29, 1.82) is 0 Å². The van der Waals surface area contributed by atoms with Gasteiger partial charge in [-0.2, -0.15) is 0 Å². The molecule has 0 aliphatic rings. The molecule has 3 aromatic rings. The smallest absolute Gasteiger partial charge is 0.224 e. The zero-order valence-corrected chi connectivity index (χ0v) is 14.4. The van der Waals surface area contributed by atoms with E-state index in [0.717, 1.165) is 28.0 Å². The minimum Gasteiger partial charge on any atom is -0.354 e. The van der Waals surface area contributed by atoms with Crippen LogP contribution in [-0.2, 0) is 4.79 Å². The first-order valence-electron chi connectivity index (χ1n) is 8.31. The Kier molecular flexibility index (Phi) is 5.18. The maximum Gasteiger partial charge on any atom is 0.224 e. The number of carbonyl (C=O) groups excluding carboxylic acids is 1. The Hall–Kier alpha value is -3.02. The highest BCUT2D eigenvalue weighted by molar-refractivity contribution is 6.00. The molecule has 0 unspecified atom stereocenters. The van der Waals surface area contributed by atoms with Gasteiger partial charge in [-0.25, -0.2) is 9.97 Å². The van der Waals surface area contributed by atoms with E-state index in [2.05, 4.69) is 25.6 Å². The number of amides is 1. The van der Waals surface area contributed by atoms with Crippen LogP contribution in [0.1, 0.15) is 24.2 Å². The molecule has 0 bridgehead atoms. The van der Waals surface area contributed by atoms with Crippen molar-refractivity contribution in [2.24, 2.45) is 0 Å². The topological polar surface area (TPSA) is 79.8 Å². The monoisotopic (exact) mass is 335 g/mol. The summed E-state index contributed by atoms with van der Waals surface area (Å²) < 4.78 is 0. The Balaban J connectivity index is 1.51. The van der Waals surface area contributed by atoms with Gasteiger partial charge in [0.15, 0.2) is 0 Å². The van der Waals surface area contributed by atoms with Crippen molar-refractivity contribution in [3.63, 3.8) is 0 Å². The van der Waals surface area contributed by atoms with Gasteiger partial charge in [-0.05, 0) is 38.5 Å². The lowest BCUT2D eigenvalue weighted by molar-refractivity contribution is -0.116. The van der Waals surface area contributed by atoms with Crippen molar-refractivity contribution in [2.45, 2.75) is 26.7 Å². The lowest BCUT2D eigenvalue weighted by atomic mass is 10.2. The van der Waals surface area contributed by atoms with E-state index < -0.39 is 0 Å². The van der Waals surface area contributed by atoms with E-state index in [9.17, 15) is 4.79 Å². The lowest BCUT2D eigenvalue weighted by Crippen LogP contribution is -2.14. The van der Waals surface area contributed by atoms with Gasteiger partial charge in [0, 0.05) is 35.9 Å². The van der Waals surface area contributed by atoms with E-state index in [0.29, 0.717) is 25.3 Å². The molecule has 2 aromatic heterocycles. The summed E-state index contributed by atoms with van der Waals surface area (Å²) in [6.07, 6.45) is 2.84. The van der Waals surface area contributed by atoms with E-state index in [1.807, 2.05) is 50.2 Å². The maximum atomic E-state index is 12.2. The van der Waals surface area contributed by atoms with Crippen LogP contribution in [0.4, 0.5) is 11.6 Å². The van der Waals surface area contributed by atoms with E-state index in [1.54, 1.807) is 6.20 Å². The van der Waals surface area contributed by atoms with Crippen molar-refractivity contribution in [1.82, 2.24) is 15.0 Å². The standard InChI is InChI=1S/C19H21N5O/c1-13-12-14(2)23-19(22-13)21-11-5-9-17(25)24-16-8-3-6-15-7-4-10-20-18(15)16/h3-4,6-8,10,12H,5,9,11H2,1-2H3,(H,24,25)(H,21,22,23). The van der Waals surface area contributed by atoms with Crippen LogP contribution in [0.15, 0.2) is 42.6 Å². The fraction of sp³-hybridized carbons (Fsp3) is 0.263. The zero-order valence-electron chi connectivity index (χ0n) is 14.4. The summed E-state index contributed by atoms with van der Waals surface area (Å²) in [6.45, 7) is 4.52. The highest BCUT2D eigenvalue weighted by Gasteiger charge is 2.06. The molecule has 0 aliphatic carbocycles. The molecule has 6 heteroatoms. The third-order valence-electron chi connectivity index (χ3n) is 3.75. The van der Waals surface area contributed by atoms with Crippen LogP contribution >= 0.6 is 0 Å². The summed E-state index contributed by atoms with van der Waals surface area (Å²) in [5, 5.41) is 7.11. The van der Waals surface area contributed by atoms with Gasteiger partial charge >= 0.3 is 0 Å². The predicted octanol–water partition coefficient (Wildman–Crippen LogP) is 3.47. The molecule has 0 saturated heterocycles. The van der Waals surface area contributed by atoms with E-state index in [4.69, 9.17) is 0 Å². The third-order valence-corrected chi connectivity index (χ3v) is 3.75. The Morgan fingerprint density at radius 2 is 1.84 bits per heavy atom. The SMILES string of the molecule is Cc1cc(C)nc(NCCCC(=O)Nc2cccc3cccnc23)n1. The predicted molar refractivity (Wildman–Crippen MR) is 99.6 cm³/mol. The number of nitrogens with zero attached hydrogens (tertiary/aromatic N) is 3. The highest BCUT2D eigenvalue weighted by atomic mass is 16.1. The number of carbonyl (C=O) groups is 1. The molecular formula is C19H21N5O. The number of hydrogen-bond acceptors (Lipinski definition) is 5. The van der Waals surface area contributed by atoms with Gasteiger partial charge in [-0.3, -0.25) is 9.78 Å². The van der Waals surface area contributed by atoms with Gasteiger partial charge in [0.1, 0.15) is 0 Å². The van der Waals surface area contributed by atoms with Gasteiger partial charge < -0.3 is 10.6 Å². The molecule has 0 atom stereocenters. The van der Waals surface area contributed by atoms with Crippen LogP contribution in [0.25, 0.3) is 10.9 Å². The zero-order chi connectivity index (χ0) is 17.6. The summed E-state index contributed by atoms with van der Waals surface area (Å²) >= 11 is 0. The van der Waals surface area contributed by atoms with Gasteiger partial charge in [0.05, 0.1) is 11.2 Å². The molecule has 0 saturated carbocycles. The minimum absolute atomic E-state index is 0.0266. The van der Waals surface area contributed by atoms with Crippen LogP contribution in [-0.4, -0.2) is 27.4 Å². The second-order valence-corrected chi connectivity index (χ2v) is 5.93. The molecule has 6 nitrogen and oxygen atoms in total. The molecule has 3 rings (SSSR count). The Morgan fingerprint density at radius 1 is 1.08 bits per heavy atom. The molecule has 0 fully saturated rings. The number of rotatable bonds is 6. The fourth-order valence-electron chi connectivity index (χ4n) is 2.67. The number of fused-ring (bicyclic) bond motifs is 1. The van der Waals surface area contributed by atoms with Crippen LogP contribution in [0.3, 0.4) is 0 Å². The summed E-state index contributed by atoms with van der Waals surface area (Å²) in [4.78, 5) is 25.2. The Labute approximate surface area is 146 Å². The van der Waals surface area contributed by atoms with Gasteiger partial charge in [0.25, 0.3) is 0 Å². The maximum absolute atomic E-state index is 12.2. The van der Waals surface area contributed by atoms with E-state index >= 15 is 0 Å².